The van der Waals surface area contributed by atoms with Crippen LogP contribution in [0.3, 0.4) is 0 Å². The molecular weight excluding hydrogens is 494 g/mol. The number of hydrogen-bond donors (Lipinski definition) is 1. The van der Waals surface area contributed by atoms with E-state index in [0.29, 0.717) is 11.1 Å². The Balaban J connectivity index is 1.66. The first kappa shape index (κ1) is 24.1. The Morgan fingerprint density at radius 1 is 1.03 bits per heavy atom. The first-order valence-electron chi connectivity index (χ1n) is 10.9. The Kier molecular flexibility index (Phi) is 5.74. The normalized spacial score (nSPS) is 16.1. The van der Waals surface area contributed by atoms with E-state index in [9.17, 15) is 32.3 Å². The first-order chi connectivity index (χ1) is 17.6. The Hall–Kier alpha value is -4.60. The number of carbonyl (C=O) groups is 2. The number of ether oxygens (including phenoxy) is 1. The van der Waals surface area contributed by atoms with Crippen molar-refractivity contribution < 1.29 is 41.4 Å². The molecular formula is C27H17F4NO5. The molecule has 0 radical (unpaired) electrons. The number of aliphatic hydroxyl groups excluding tert-OH is 1. The number of anilines is 1. The van der Waals surface area contributed by atoms with E-state index in [2.05, 4.69) is 0 Å². The predicted molar refractivity (Wildman–Crippen MR) is 125 cm³/mol. The number of nitrogens with zero attached hydrogens (tertiary/aromatic N) is 1. The lowest BCUT2D eigenvalue weighted by atomic mass is 9.94. The zero-order valence-corrected chi connectivity index (χ0v) is 19.0. The molecule has 10 heteroatoms. The van der Waals surface area contributed by atoms with Crippen molar-refractivity contribution in [3.8, 4) is 5.75 Å². The summed E-state index contributed by atoms with van der Waals surface area (Å²) in [5, 5.41) is 11.3. The quantitative estimate of drug-likeness (QED) is 0.248. The van der Waals surface area contributed by atoms with Gasteiger partial charge in [0.15, 0.2) is 22.9 Å². The Labute approximate surface area is 207 Å². The second-order valence-corrected chi connectivity index (χ2v) is 8.26. The fourth-order valence-electron chi connectivity index (χ4n) is 4.34. The summed E-state index contributed by atoms with van der Waals surface area (Å²) in [7, 11) is 1.42. The van der Waals surface area contributed by atoms with Crippen LogP contribution in [0.1, 0.15) is 27.7 Å². The third-order valence-corrected chi connectivity index (χ3v) is 6.04. The third kappa shape index (κ3) is 4.10. The molecule has 1 aromatic heterocycles. The summed E-state index contributed by atoms with van der Waals surface area (Å²) in [6, 6.07) is 13.6. The van der Waals surface area contributed by atoms with Crippen molar-refractivity contribution in [2.75, 3.05) is 12.0 Å². The summed E-state index contributed by atoms with van der Waals surface area (Å²) >= 11 is 0. The van der Waals surface area contributed by atoms with E-state index >= 15 is 0 Å². The molecule has 6 nitrogen and oxygen atoms in total. The number of halogens is 4. The van der Waals surface area contributed by atoms with Crippen molar-refractivity contribution >= 4 is 28.3 Å². The lowest BCUT2D eigenvalue weighted by molar-refractivity contribution is -0.137. The number of ketones is 1. The second kappa shape index (κ2) is 8.81. The molecule has 0 aliphatic carbocycles. The van der Waals surface area contributed by atoms with Gasteiger partial charge < -0.3 is 14.3 Å². The fourth-order valence-corrected chi connectivity index (χ4v) is 4.34. The minimum absolute atomic E-state index is 0.188. The smallest absolute Gasteiger partial charge is 0.416 e. The maximum atomic E-state index is 13.7. The van der Waals surface area contributed by atoms with Gasteiger partial charge in [-0.05, 0) is 48.0 Å². The van der Waals surface area contributed by atoms with E-state index in [-0.39, 0.29) is 22.6 Å². The van der Waals surface area contributed by atoms with Crippen molar-refractivity contribution in [3.05, 3.63) is 107 Å². The highest BCUT2D eigenvalue weighted by molar-refractivity contribution is 6.20. The average molecular weight is 511 g/mol. The summed E-state index contributed by atoms with van der Waals surface area (Å²) < 4.78 is 64.8. The van der Waals surface area contributed by atoms with Crippen LogP contribution in [0.15, 0.2) is 88.5 Å². The van der Waals surface area contributed by atoms with Crippen molar-refractivity contribution in [1.82, 2.24) is 0 Å². The molecule has 37 heavy (non-hydrogen) atoms. The average Bonchev–Trinajstić information content (AvgIpc) is 3.43. The largest absolute Gasteiger partial charge is 0.503 e. The van der Waals surface area contributed by atoms with Crippen molar-refractivity contribution in [1.29, 1.82) is 0 Å². The minimum atomic E-state index is -4.70. The second-order valence-electron chi connectivity index (χ2n) is 8.26. The highest BCUT2D eigenvalue weighted by Crippen LogP contribution is 2.44. The fraction of sp³-hybridized carbons (Fsp3) is 0.111. The van der Waals surface area contributed by atoms with E-state index in [0.717, 1.165) is 35.2 Å². The van der Waals surface area contributed by atoms with Gasteiger partial charge in [-0.3, -0.25) is 14.5 Å². The van der Waals surface area contributed by atoms with Gasteiger partial charge in [-0.15, -0.1) is 0 Å². The summed E-state index contributed by atoms with van der Waals surface area (Å²) in [5.74, 6) is -3.41. The van der Waals surface area contributed by atoms with Gasteiger partial charge in [0.25, 0.3) is 5.91 Å². The number of para-hydroxylation sites is 1. The lowest BCUT2D eigenvalue weighted by Gasteiger charge is -2.27. The maximum absolute atomic E-state index is 13.7. The number of carbonyl (C=O) groups excluding carboxylic acids is 2. The molecule has 3 aromatic carbocycles. The Bertz CT molecular complexity index is 1570. The summed E-state index contributed by atoms with van der Waals surface area (Å²) in [6.07, 6.45) is -4.70. The van der Waals surface area contributed by atoms with Crippen LogP contribution in [0, 0.1) is 5.82 Å². The van der Waals surface area contributed by atoms with Gasteiger partial charge in [-0.1, -0.05) is 30.3 Å². The van der Waals surface area contributed by atoms with Crippen LogP contribution in [0.25, 0.3) is 11.0 Å². The molecule has 1 aliphatic heterocycles. The number of rotatable bonds is 5. The van der Waals surface area contributed by atoms with Gasteiger partial charge in [0, 0.05) is 11.1 Å². The van der Waals surface area contributed by atoms with Gasteiger partial charge in [0.2, 0.25) is 5.78 Å². The number of amides is 1. The molecule has 1 amide bonds. The highest BCUT2D eigenvalue weighted by Gasteiger charge is 2.46. The van der Waals surface area contributed by atoms with Crippen LogP contribution in [0.2, 0.25) is 0 Å². The standard InChI is InChI=1S/C27H17F4NO5/c1-36-19-7-2-4-15-12-20(37-25(15)19)23(33)21-22(14-8-10-17(28)11-9-14)32(26(35)24(21)34)18-6-3-5-16(13-18)27(29,30)31/h2-13,22,34H,1H3. The number of furan rings is 1. The predicted octanol–water partition coefficient (Wildman–Crippen LogP) is 6.38. The molecule has 4 aromatic rings. The van der Waals surface area contributed by atoms with Crippen LogP contribution in [-0.2, 0) is 11.0 Å². The molecule has 1 unspecified atom stereocenters. The van der Waals surface area contributed by atoms with Crippen LogP contribution in [-0.4, -0.2) is 23.9 Å². The van der Waals surface area contributed by atoms with Gasteiger partial charge in [-0.2, -0.15) is 13.2 Å². The summed E-state index contributed by atoms with van der Waals surface area (Å²) in [4.78, 5) is 27.7. The van der Waals surface area contributed by atoms with Crippen LogP contribution < -0.4 is 9.64 Å². The molecule has 0 saturated carbocycles. The number of alkyl halides is 3. The van der Waals surface area contributed by atoms with E-state index in [4.69, 9.17) is 9.15 Å². The van der Waals surface area contributed by atoms with E-state index in [1.807, 2.05) is 0 Å². The first-order valence-corrected chi connectivity index (χ1v) is 10.9. The summed E-state index contributed by atoms with van der Waals surface area (Å²) in [5.41, 5.74) is -1.22. The van der Waals surface area contributed by atoms with Crippen LogP contribution in [0.4, 0.5) is 23.2 Å². The zero-order chi connectivity index (χ0) is 26.5. The molecule has 0 bridgehead atoms. The minimum Gasteiger partial charge on any atom is -0.503 e. The third-order valence-electron chi connectivity index (χ3n) is 6.04. The molecule has 0 spiro atoms. The maximum Gasteiger partial charge on any atom is 0.416 e. The number of aliphatic hydroxyl groups is 1. The van der Waals surface area contributed by atoms with E-state index < -0.39 is 46.6 Å². The van der Waals surface area contributed by atoms with Gasteiger partial charge in [0.1, 0.15) is 5.82 Å². The molecule has 1 aliphatic rings. The lowest BCUT2D eigenvalue weighted by Crippen LogP contribution is -2.31. The van der Waals surface area contributed by atoms with Crippen molar-refractivity contribution in [2.45, 2.75) is 12.2 Å². The molecule has 5 rings (SSSR count). The van der Waals surface area contributed by atoms with Crippen LogP contribution in [0.5, 0.6) is 5.75 Å². The number of fused-ring (bicyclic) bond motifs is 1. The van der Waals surface area contributed by atoms with Gasteiger partial charge in [-0.25, -0.2) is 4.39 Å². The molecule has 0 saturated heterocycles. The number of methoxy groups -OCH3 is 1. The van der Waals surface area contributed by atoms with Gasteiger partial charge in [0.05, 0.1) is 24.3 Å². The van der Waals surface area contributed by atoms with E-state index in [1.165, 1.54) is 31.4 Å². The van der Waals surface area contributed by atoms with Crippen molar-refractivity contribution in [2.24, 2.45) is 0 Å². The molecule has 1 atom stereocenters. The number of benzene rings is 3. The van der Waals surface area contributed by atoms with Crippen molar-refractivity contribution in [3.63, 3.8) is 0 Å². The molecule has 188 valence electrons. The van der Waals surface area contributed by atoms with Gasteiger partial charge >= 0.3 is 6.18 Å². The summed E-state index contributed by atoms with van der Waals surface area (Å²) in [6.45, 7) is 0. The SMILES string of the molecule is COc1cccc2cc(C(=O)C3=C(O)C(=O)N(c4cccc(C(F)(F)F)c4)C3c3ccc(F)cc3)oc12. The number of hydrogen-bond acceptors (Lipinski definition) is 5. The molecule has 0 fully saturated rings. The monoisotopic (exact) mass is 511 g/mol. The highest BCUT2D eigenvalue weighted by atomic mass is 19.4. The zero-order valence-electron chi connectivity index (χ0n) is 19.0. The Morgan fingerprint density at radius 3 is 2.41 bits per heavy atom. The van der Waals surface area contributed by atoms with E-state index in [1.54, 1.807) is 18.2 Å². The topological polar surface area (TPSA) is 80.0 Å². The Morgan fingerprint density at radius 2 is 1.73 bits per heavy atom. The molecule has 2 heterocycles. The molecule has 1 N–H and O–H groups in total. The number of Topliss-reactive ketones (excluding diaryl/α,β-unsaturated/α-hetero) is 1. The van der Waals surface area contributed by atoms with Crippen LogP contribution >= 0.6 is 0 Å².